The number of nitrogens with one attached hydrogen (secondary N) is 1. The fourth-order valence-electron chi connectivity index (χ4n) is 3.01. The second-order valence-corrected chi connectivity index (χ2v) is 8.16. The Morgan fingerprint density at radius 1 is 1.13 bits per heavy atom. The van der Waals surface area contributed by atoms with E-state index in [2.05, 4.69) is 29.5 Å². The highest BCUT2D eigenvalue weighted by molar-refractivity contribution is 7.10. The lowest BCUT2D eigenvalue weighted by molar-refractivity contribution is -0.139. The van der Waals surface area contributed by atoms with Crippen molar-refractivity contribution in [3.8, 4) is 0 Å². The number of thiazole rings is 1. The molecule has 2 N–H and O–H groups in total. The van der Waals surface area contributed by atoms with Gasteiger partial charge in [-0.25, -0.2) is 4.98 Å². The number of anilines is 2. The van der Waals surface area contributed by atoms with Crippen LogP contribution in [-0.4, -0.2) is 22.3 Å². The molecule has 0 aliphatic rings. The predicted octanol–water partition coefficient (Wildman–Crippen LogP) is 5.94. The van der Waals surface area contributed by atoms with Crippen molar-refractivity contribution in [3.63, 3.8) is 0 Å². The molecule has 0 amide bonds. The fraction of sp³-hybridized carbons (Fsp3) is 0.208. The summed E-state index contributed by atoms with van der Waals surface area (Å²) in [6, 6.07) is 15.1. The maximum Gasteiger partial charge on any atom is 0.311 e. The third-order valence-corrected chi connectivity index (χ3v) is 5.47. The zero-order valence-electron chi connectivity index (χ0n) is 16.9. The largest absolute Gasteiger partial charge is 0.481 e. The van der Waals surface area contributed by atoms with Gasteiger partial charge < -0.3 is 15.2 Å². The second-order valence-electron chi connectivity index (χ2n) is 7.27. The van der Waals surface area contributed by atoms with Gasteiger partial charge in [0.2, 0.25) is 0 Å². The van der Waals surface area contributed by atoms with Crippen molar-refractivity contribution >= 4 is 47.1 Å². The lowest BCUT2D eigenvalue weighted by atomic mass is 9.96. The fourth-order valence-corrected chi connectivity index (χ4v) is 3.88. The number of aliphatic carboxylic acids is 1. The van der Waals surface area contributed by atoms with Gasteiger partial charge in [-0.2, -0.15) is 0 Å². The Morgan fingerprint density at radius 3 is 2.53 bits per heavy atom. The average molecular weight is 421 g/mol. The first-order chi connectivity index (χ1) is 14.5. The van der Waals surface area contributed by atoms with E-state index < -0.39 is 11.9 Å². The minimum absolute atomic E-state index is 0.0473. The van der Waals surface area contributed by atoms with Gasteiger partial charge in [-0.05, 0) is 47.4 Å². The molecule has 1 unspecified atom stereocenters. The molecule has 3 rings (SSSR count). The summed E-state index contributed by atoms with van der Waals surface area (Å²) in [7, 11) is 0. The molecular formula is C24H24N2O3S. The maximum atomic E-state index is 11.4. The topological polar surface area (TPSA) is 79.3 Å². The zero-order valence-corrected chi connectivity index (χ0v) is 17.7. The Hall–Kier alpha value is -3.25. The van der Waals surface area contributed by atoms with Crippen LogP contribution in [0, 0.1) is 0 Å². The van der Waals surface area contributed by atoms with Gasteiger partial charge in [-0.1, -0.05) is 44.2 Å². The van der Waals surface area contributed by atoms with Gasteiger partial charge >= 0.3 is 5.97 Å². The minimum atomic E-state index is -1.01. The molecule has 1 aromatic heterocycles. The van der Waals surface area contributed by atoms with Gasteiger partial charge in [0.15, 0.2) is 0 Å². The SMILES string of the molecule is CC(C)c1csc(/C=C/c2cccc(Nc3cccc(C(CC=O)C(=O)O)c3)c2)n1. The number of hydrogen-bond donors (Lipinski definition) is 2. The number of carboxylic acids is 1. The number of rotatable bonds is 9. The van der Waals surface area contributed by atoms with Gasteiger partial charge in [0.1, 0.15) is 11.3 Å². The van der Waals surface area contributed by atoms with Crippen LogP contribution in [-0.2, 0) is 9.59 Å². The summed E-state index contributed by atoms with van der Waals surface area (Å²) in [6.07, 6.45) is 4.62. The molecule has 6 heteroatoms. The first-order valence-corrected chi connectivity index (χ1v) is 10.6. The summed E-state index contributed by atoms with van der Waals surface area (Å²) in [4.78, 5) is 26.9. The first-order valence-electron chi connectivity index (χ1n) is 9.73. The standard InChI is InChI=1S/C24H24N2O3S/c1-16(2)22-15-30-23(26-22)10-9-17-5-3-7-19(13-17)25-20-8-4-6-18(14-20)21(11-12-27)24(28)29/h3-10,12-16,21,25H,11H2,1-2H3,(H,28,29)/b10-9+. The van der Waals surface area contributed by atoms with Crippen LogP contribution in [0.25, 0.3) is 12.2 Å². The van der Waals surface area contributed by atoms with Gasteiger partial charge in [0.25, 0.3) is 0 Å². The number of nitrogens with zero attached hydrogens (tertiary/aromatic N) is 1. The summed E-state index contributed by atoms with van der Waals surface area (Å²) in [5, 5.41) is 15.7. The van der Waals surface area contributed by atoms with E-state index in [1.807, 2.05) is 42.5 Å². The highest BCUT2D eigenvalue weighted by atomic mass is 32.1. The molecule has 1 atom stereocenters. The highest BCUT2D eigenvalue weighted by Crippen LogP contribution is 2.25. The average Bonchev–Trinajstić information content (AvgIpc) is 3.20. The van der Waals surface area contributed by atoms with Gasteiger partial charge in [-0.15, -0.1) is 11.3 Å². The van der Waals surface area contributed by atoms with Crippen LogP contribution < -0.4 is 5.32 Å². The van der Waals surface area contributed by atoms with Crippen LogP contribution in [0.1, 0.15) is 53.9 Å². The molecule has 154 valence electrons. The molecule has 0 fully saturated rings. The number of aldehydes is 1. The Balaban J connectivity index is 1.75. The number of benzene rings is 2. The quantitative estimate of drug-likeness (QED) is 0.419. The van der Waals surface area contributed by atoms with Crippen molar-refractivity contribution in [1.82, 2.24) is 4.98 Å². The lowest BCUT2D eigenvalue weighted by Crippen LogP contribution is -2.12. The van der Waals surface area contributed by atoms with Gasteiger partial charge in [0.05, 0.1) is 11.6 Å². The molecule has 3 aromatic rings. The maximum absolute atomic E-state index is 11.4. The van der Waals surface area contributed by atoms with Crippen molar-refractivity contribution in [2.24, 2.45) is 0 Å². The first kappa shape index (κ1) is 21.5. The van der Waals surface area contributed by atoms with E-state index in [0.717, 1.165) is 27.6 Å². The van der Waals surface area contributed by atoms with Crippen molar-refractivity contribution < 1.29 is 14.7 Å². The molecule has 0 bridgehead atoms. The molecule has 2 aromatic carbocycles. The van der Waals surface area contributed by atoms with Crippen LogP contribution in [0.15, 0.2) is 53.9 Å². The molecule has 0 aliphatic heterocycles. The minimum Gasteiger partial charge on any atom is -0.481 e. The van der Waals surface area contributed by atoms with Crippen LogP contribution in [0.4, 0.5) is 11.4 Å². The smallest absolute Gasteiger partial charge is 0.311 e. The van der Waals surface area contributed by atoms with Crippen LogP contribution in [0.2, 0.25) is 0 Å². The number of carbonyl (C=O) groups is 2. The third kappa shape index (κ3) is 5.64. The zero-order chi connectivity index (χ0) is 21.5. The van der Waals surface area contributed by atoms with Crippen LogP contribution >= 0.6 is 11.3 Å². The summed E-state index contributed by atoms with van der Waals surface area (Å²) in [5.41, 5.74) is 4.39. The van der Waals surface area contributed by atoms with E-state index in [-0.39, 0.29) is 6.42 Å². The van der Waals surface area contributed by atoms with E-state index >= 15 is 0 Å². The molecule has 0 radical (unpaired) electrons. The summed E-state index contributed by atoms with van der Waals surface area (Å²) in [5.74, 6) is -1.43. The Labute approximate surface area is 180 Å². The Kier molecular flexibility index (Phi) is 7.14. The van der Waals surface area contributed by atoms with Gasteiger partial charge in [0, 0.05) is 23.2 Å². The van der Waals surface area contributed by atoms with Crippen molar-refractivity contribution in [2.45, 2.75) is 32.1 Å². The Morgan fingerprint density at radius 2 is 1.87 bits per heavy atom. The van der Waals surface area contributed by atoms with Crippen LogP contribution in [0.5, 0.6) is 0 Å². The number of carbonyl (C=O) groups excluding carboxylic acids is 1. The van der Waals surface area contributed by atoms with Crippen molar-refractivity contribution in [1.29, 1.82) is 0 Å². The van der Waals surface area contributed by atoms with Crippen LogP contribution in [0.3, 0.4) is 0 Å². The molecule has 30 heavy (non-hydrogen) atoms. The van der Waals surface area contributed by atoms with E-state index in [0.29, 0.717) is 17.8 Å². The molecule has 0 saturated carbocycles. The van der Waals surface area contributed by atoms with E-state index in [1.165, 1.54) is 0 Å². The number of hydrogen-bond acceptors (Lipinski definition) is 5. The normalized spacial score (nSPS) is 12.2. The van der Waals surface area contributed by atoms with E-state index in [9.17, 15) is 14.7 Å². The second kappa shape index (κ2) is 9.98. The molecule has 1 heterocycles. The van der Waals surface area contributed by atoms with Gasteiger partial charge in [-0.3, -0.25) is 4.79 Å². The van der Waals surface area contributed by atoms with Crippen molar-refractivity contribution in [3.05, 3.63) is 75.7 Å². The summed E-state index contributed by atoms with van der Waals surface area (Å²) >= 11 is 1.63. The Bertz CT molecular complexity index is 1060. The summed E-state index contributed by atoms with van der Waals surface area (Å²) in [6.45, 7) is 4.26. The number of carboxylic acid groups (broad SMARTS) is 1. The van der Waals surface area contributed by atoms with E-state index in [4.69, 9.17) is 0 Å². The highest BCUT2D eigenvalue weighted by Gasteiger charge is 2.19. The molecular weight excluding hydrogens is 396 g/mol. The molecule has 0 aliphatic carbocycles. The molecule has 5 nitrogen and oxygen atoms in total. The predicted molar refractivity (Wildman–Crippen MR) is 122 cm³/mol. The lowest BCUT2D eigenvalue weighted by Gasteiger charge is -2.13. The molecule has 0 spiro atoms. The van der Waals surface area contributed by atoms with Crippen molar-refractivity contribution in [2.75, 3.05) is 5.32 Å². The third-order valence-electron chi connectivity index (χ3n) is 4.64. The summed E-state index contributed by atoms with van der Waals surface area (Å²) < 4.78 is 0. The molecule has 0 saturated heterocycles. The number of aromatic nitrogens is 1. The van der Waals surface area contributed by atoms with E-state index in [1.54, 1.807) is 29.5 Å². The monoisotopic (exact) mass is 420 g/mol.